The lowest BCUT2D eigenvalue weighted by molar-refractivity contribution is 0.190. The van der Waals surface area contributed by atoms with Crippen LogP contribution in [0.2, 0.25) is 0 Å². The highest BCUT2D eigenvalue weighted by Gasteiger charge is 2.26. The van der Waals surface area contributed by atoms with Crippen LogP contribution in [0.3, 0.4) is 0 Å². The summed E-state index contributed by atoms with van der Waals surface area (Å²) in [5, 5.41) is 0. The smallest absolute Gasteiger partial charge is 0.00218 e. The van der Waals surface area contributed by atoms with Crippen LogP contribution >= 0.6 is 9.39 Å². The molecule has 1 aliphatic rings. The molecule has 1 heterocycles. The first-order valence-corrected chi connectivity index (χ1v) is 4.38. The molecule has 2 nitrogen and oxygen atoms in total. The predicted octanol–water partition coefficient (Wildman–Crippen LogP) is 0.837. The van der Waals surface area contributed by atoms with Crippen LogP contribution in [0.5, 0.6) is 0 Å². The SMILES string of the molecule is CC1(CN)CCN(P)CC1. The zero-order valence-corrected chi connectivity index (χ0v) is 7.79. The Morgan fingerprint density at radius 3 is 2.40 bits per heavy atom. The lowest BCUT2D eigenvalue weighted by Gasteiger charge is -2.36. The standard InChI is InChI=1S/C7H17N2P/c1-7(6-8)2-4-9(10)5-3-7/h2-6,8,10H2,1H3. The monoisotopic (exact) mass is 160 g/mol. The Labute approximate surface area is 65.4 Å². The van der Waals surface area contributed by atoms with Crippen molar-refractivity contribution in [2.45, 2.75) is 19.8 Å². The molecule has 10 heavy (non-hydrogen) atoms. The fourth-order valence-electron chi connectivity index (χ4n) is 1.27. The molecule has 0 bridgehead atoms. The summed E-state index contributed by atoms with van der Waals surface area (Å²) in [5.41, 5.74) is 6.08. The van der Waals surface area contributed by atoms with Gasteiger partial charge in [0.2, 0.25) is 0 Å². The minimum Gasteiger partial charge on any atom is -0.330 e. The fraction of sp³-hybridized carbons (Fsp3) is 1.00. The van der Waals surface area contributed by atoms with Crippen molar-refractivity contribution < 1.29 is 0 Å². The molecule has 60 valence electrons. The molecule has 0 aromatic heterocycles. The maximum Gasteiger partial charge on any atom is 0.00218 e. The molecule has 0 aliphatic carbocycles. The maximum absolute atomic E-state index is 5.66. The van der Waals surface area contributed by atoms with Gasteiger partial charge < -0.3 is 5.73 Å². The van der Waals surface area contributed by atoms with Crippen LogP contribution in [0.15, 0.2) is 0 Å². The van der Waals surface area contributed by atoms with Crippen molar-refractivity contribution in [2.75, 3.05) is 19.6 Å². The van der Waals surface area contributed by atoms with E-state index in [1.54, 1.807) is 0 Å². The minimum absolute atomic E-state index is 0.424. The first-order valence-electron chi connectivity index (χ1n) is 3.86. The van der Waals surface area contributed by atoms with Crippen molar-refractivity contribution in [1.29, 1.82) is 0 Å². The summed E-state index contributed by atoms with van der Waals surface area (Å²) < 4.78 is 2.29. The first-order chi connectivity index (χ1) is 4.66. The third-order valence-electron chi connectivity index (χ3n) is 2.50. The van der Waals surface area contributed by atoms with Crippen molar-refractivity contribution in [3.63, 3.8) is 0 Å². The second-order valence-electron chi connectivity index (χ2n) is 3.55. The Morgan fingerprint density at radius 2 is 2.00 bits per heavy atom. The van der Waals surface area contributed by atoms with E-state index in [-0.39, 0.29) is 0 Å². The molecule has 0 aromatic rings. The van der Waals surface area contributed by atoms with Gasteiger partial charge in [0.1, 0.15) is 0 Å². The average Bonchev–Trinajstić information content (AvgIpc) is 1.96. The molecule has 1 rings (SSSR count). The molecular weight excluding hydrogens is 143 g/mol. The quantitative estimate of drug-likeness (QED) is 0.576. The maximum atomic E-state index is 5.66. The van der Waals surface area contributed by atoms with Gasteiger partial charge in [0.25, 0.3) is 0 Å². The van der Waals surface area contributed by atoms with Gasteiger partial charge in [0.15, 0.2) is 0 Å². The van der Waals surface area contributed by atoms with E-state index in [4.69, 9.17) is 5.73 Å². The highest BCUT2D eigenvalue weighted by atomic mass is 31.0. The van der Waals surface area contributed by atoms with Gasteiger partial charge in [0, 0.05) is 13.1 Å². The molecule has 2 N–H and O–H groups in total. The summed E-state index contributed by atoms with van der Waals surface area (Å²) in [7, 11) is 2.75. The van der Waals surface area contributed by atoms with Crippen LogP contribution in [0.1, 0.15) is 19.8 Å². The predicted molar refractivity (Wildman–Crippen MR) is 47.7 cm³/mol. The van der Waals surface area contributed by atoms with Crippen LogP contribution < -0.4 is 5.73 Å². The van der Waals surface area contributed by atoms with E-state index >= 15 is 0 Å². The molecule has 0 amide bonds. The number of piperidine rings is 1. The molecule has 0 radical (unpaired) electrons. The number of nitrogens with two attached hydrogens (primary N) is 1. The van der Waals surface area contributed by atoms with Gasteiger partial charge in [-0.05, 0) is 24.8 Å². The summed E-state index contributed by atoms with van der Waals surface area (Å²) in [4.78, 5) is 0. The van der Waals surface area contributed by atoms with E-state index in [1.807, 2.05) is 0 Å². The van der Waals surface area contributed by atoms with Crippen LogP contribution in [-0.2, 0) is 0 Å². The Morgan fingerprint density at radius 1 is 1.50 bits per heavy atom. The summed E-state index contributed by atoms with van der Waals surface area (Å²) in [6.07, 6.45) is 2.49. The topological polar surface area (TPSA) is 29.3 Å². The third kappa shape index (κ3) is 1.91. The van der Waals surface area contributed by atoms with Crippen molar-refractivity contribution in [3.05, 3.63) is 0 Å². The molecule has 1 saturated heterocycles. The van der Waals surface area contributed by atoms with Crippen molar-refractivity contribution in [2.24, 2.45) is 11.1 Å². The summed E-state index contributed by atoms with van der Waals surface area (Å²) >= 11 is 0. The molecule has 1 fully saturated rings. The Hall–Kier alpha value is 0.350. The molecule has 0 saturated carbocycles. The highest BCUT2D eigenvalue weighted by Crippen LogP contribution is 2.30. The number of hydrogen-bond donors (Lipinski definition) is 1. The number of hydrogen-bond acceptors (Lipinski definition) is 2. The Bertz CT molecular complexity index is 108. The average molecular weight is 160 g/mol. The molecule has 0 spiro atoms. The van der Waals surface area contributed by atoms with Crippen LogP contribution in [0.4, 0.5) is 0 Å². The van der Waals surface area contributed by atoms with Crippen molar-refractivity contribution in [3.8, 4) is 0 Å². The fourth-order valence-corrected chi connectivity index (χ4v) is 1.53. The molecule has 1 unspecified atom stereocenters. The van der Waals surface area contributed by atoms with Gasteiger partial charge in [-0.2, -0.15) is 0 Å². The van der Waals surface area contributed by atoms with Crippen molar-refractivity contribution in [1.82, 2.24) is 4.67 Å². The number of rotatable bonds is 1. The first kappa shape index (κ1) is 8.45. The molecular formula is C7H17N2P. The van der Waals surface area contributed by atoms with E-state index in [0.29, 0.717) is 5.41 Å². The van der Waals surface area contributed by atoms with E-state index in [0.717, 1.165) is 6.54 Å². The zero-order valence-electron chi connectivity index (χ0n) is 6.64. The summed E-state index contributed by atoms with van der Waals surface area (Å²) in [5.74, 6) is 0. The van der Waals surface area contributed by atoms with E-state index < -0.39 is 0 Å². The highest BCUT2D eigenvalue weighted by molar-refractivity contribution is 7.13. The van der Waals surface area contributed by atoms with Crippen molar-refractivity contribution >= 4 is 9.39 Å². The van der Waals surface area contributed by atoms with Gasteiger partial charge in [-0.1, -0.05) is 16.3 Å². The zero-order chi connectivity index (χ0) is 7.61. The molecule has 1 aliphatic heterocycles. The lowest BCUT2D eigenvalue weighted by atomic mass is 9.81. The van der Waals surface area contributed by atoms with E-state index in [2.05, 4.69) is 21.0 Å². The van der Waals surface area contributed by atoms with Gasteiger partial charge in [-0.15, -0.1) is 0 Å². The van der Waals surface area contributed by atoms with Gasteiger partial charge in [0.05, 0.1) is 0 Å². The van der Waals surface area contributed by atoms with Gasteiger partial charge in [-0.25, -0.2) is 0 Å². The summed E-state index contributed by atoms with van der Waals surface area (Å²) in [6, 6.07) is 0. The third-order valence-corrected chi connectivity index (χ3v) is 3.01. The van der Waals surface area contributed by atoms with Crippen LogP contribution in [-0.4, -0.2) is 24.3 Å². The minimum atomic E-state index is 0.424. The Balaban J connectivity index is 2.38. The Kier molecular flexibility index (Phi) is 2.67. The second-order valence-corrected chi connectivity index (χ2v) is 4.28. The molecule has 0 aromatic carbocycles. The van der Waals surface area contributed by atoms with Gasteiger partial charge >= 0.3 is 0 Å². The number of nitrogens with zero attached hydrogens (tertiary/aromatic N) is 1. The van der Waals surface area contributed by atoms with E-state index in [9.17, 15) is 0 Å². The molecule has 1 atom stereocenters. The lowest BCUT2D eigenvalue weighted by Crippen LogP contribution is -2.38. The van der Waals surface area contributed by atoms with Crippen LogP contribution in [0, 0.1) is 5.41 Å². The normalized spacial score (nSPS) is 26.7. The summed E-state index contributed by atoms with van der Waals surface area (Å²) in [6.45, 7) is 5.48. The second kappa shape index (κ2) is 3.17. The van der Waals surface area contributed by atoms with Gasteiger partial charge in [-0.3, -0.25) is 4.67 Å². The molecule has 3 heteroatoms. The van der Waals surface area contributed by atoms with Crippen LogP contribution in [0.25, 0.3) is 0 Å². The van der Waals surface area contributed by atoms with E-state index in [1.165, 1.54) is 25.9 Å². The largest absolute Gasteiger partial charge is 0.330 e.